The second-order valence-corrected chi connectivity index (χ2v) is 19.1. The molecule has 146 valence electrons. The van der Waals surface area contributed by atoms with Crippen molar-refractivity contribution in [1.82, 2.24) is 5.09 Å². The number of para-hydroxylation sites is 1. The number of benzene rings is 1. The third-order valence-electron chi connectivity index (χ3n) is 6.23. The van der Waals surface area contributed by atoms with Crippen molar-refractivity contribution in [3.8, 4) is 0 Å². The fourth-order valence-electron chi connectivity index (χ4n) is 4.44. The van der Waals surface area contributed by atoms with E-state index in [2.05, 4.69) is 108 Å². The van der Waals surface area contributed by atoms with Crippen molar-refractivity contribution >= 4 is 27.3 Å². The number of nitrogens with one attached hydrogen (secondary N) is 1. The normalized spacial score (nSPS) is 22.2. The summed E-state index contributed by atoms with van der Waals surface area (Å²) in [5.41, 5.74) is 5.43. The van der Waals surface area contributed by atoms with Gasteiger partial charge in [-0.2, -0.15) is 4.90 Å². The summed E-state index contributed by atoms with van der Waals surface area (Å²) in [5, 5.41) is 4.18. The summed E-state index contributed by atoms with van der Waals surface area (Å²) in [7, 11) is -0.596. The van der Waals surface area contributed by atoms with E-state index in [4.69, 9.17) is 0 Å². The lowest BCUT2D eigenvalue weighted by molar-refractivity contribution is -0.364. The molecule has 0 spiro atoms. The molecule has 1 aromatic rings. The highest BCUT2D eigenvalue weighted by atomic mass is 31.2. The SMILES string of the molecule is Cc1cccc(C)c1N1C(=[N+](C)[Si](C)(C)C)N[P+](C(C)C)(C(C)C)[C@@H]1C. The molecule has 0 aliphatic carbocycles. The molecule has 5 heteroatoms. The van der Waals surface area contributed by atoms with Gasteiger partial charge in [0.05, 0.1) is 11.3 Å². The van der Waals surface area contributed by atoms with Crippen LogP contribution in [0.15, 0.2) is 18.2 Å². The van der Waals surface area contributed by atoms with E-state index in [-0.39, 0.29) is 0 Å². The molecule has 1 saturated heterocycles. The number of hydrogen-bond acceptors (Lipinski definition) is 0. The fourth-order valence-corrected chi connectivity index (χ4v) is 10.2. The molecule has 0 amide bonds. The highest BCUT2D eigenvalue weighted by molar-refractivity contribution is 7.77. The van der Waals surface area contributed by atoms with Gasteiger partial charge in [0, 0.05) is 14.0 Å². The summed E-state index contributed by atoms with van der Waals surface area (Å²) in [6.45, 7) is 23.9. The first-order chi connectivity index (χ1) is 11.9. The van der Waals surface area contributed by atoms with Crippen LogP contribution in [0.2, 0.25) is 19.6 Å². The predicted octanol–water partition coefficient (Wildman–Crippen LogP) is 5.64. The highest BCUT2D eigenvalue weighted by Gasteiger charge is 2.66. The van der Waals surface area contributed by atoms with Crippen LogP contribution < -0.4 is 9.99 Å². The lowest BCUT2D eigenvalue weighted by Crippen LogP contribution is -2.49. The maximum Gasteiger partial charge on any atom is 0.379 e. The van der Waals surface area contributed by atoms with Crippen LogP contribution in [-0.2, 0) is 0 Å². The summed E-state index contributed by atoms with van der Waals surface area (Å²) in [6, 6.07) is 6.69. The first-order valence-corrected chi connectivity index (χ1v) is 15.4. The largest absolute Gasteiger partial charge is 0.379 e. The molecule has 0 unspecified atom stereocenters. The van der Waals surface area contributed by atoms with Gasteiger partial charge in [0.2, 0.25) is 14.0 Å². The van der Waals surface area contributed by atoms with Gasteiger partial charge in [0.15, 0.2) is 7.41 Å². The Balaban J connectivity index is 2.81. The Kier molecular flexibility index (Phi) is 6.00. The Hall–Kier alpha value is -0.863. The smallest absolute Gasteiger partial charge is 0.307 e. The second kappa shape index (κ2) is 7.28. The lowest BCUT2D eigenvalue weighted by atomic mass is 10.1. The number of guanidine groups is 1. The molecule has 0 aromatic heterocycles. The second-order valence-electron chi connectivity index (χ2n) is 9.43. The van der Waals surface area contributed by atoms with Crippen LogP contribution in [0.5, 0.6) is 0 Å². The van der Waals surface area contributed by atoms with Crippen LogP contribution in [0.3, 0.4) is 0 Å². The number of rotatable bonds is 4. The molecule has 1 aliphatic rings. The Morgan fingerprint density at radius 3 is 1.88 bits per heavy atom. The van der Waals surface area contributed by atoms with Gasteiger partial charge in [-0.25, -0.2) is 0 Å². The van der Waals surface area contributed by atoms with E-state index in [1.807, 2.05) is 0 Å². The van der Waals surface area contributed by atoms with Crippen LogP contribution in [0.1, 0.15) is 45.7 Å². The maximum atomic E-state index is 4.18. The monoisotopic (exact) mass is 393 g/mol. The molecule has 1 atom stereocenters. The van der Waals surface area contributed by atoms with Crippen LogP contribution in [0.4, 0.5) is 5.69 Å². The van der Waals surface area contributed by atoms with Crippen molar-refractivity contribution in [2.45, 2.75) is 85.2 Å². The van der Waals surface area contributed by atoms with Gasteiger partial charge in [-0.05, 0) is 72.3 Å². The number of anilines is 1. The van der Waals surface area contributed by atoms with Crippen LogP contribution in [-0.4, -0.2) is 42.6 Å². The predicted molar refractivity (Wildman–Crippen MR) is 123 cm³/mol. The van der Waals surface area contributed by atoms with Crippen molar-refractivity contribution in [1.29, 1.82) is 0 Å². The standard InChI is InChI=1S/C21H39N3PSi/c1-15(2)25(16(3)4)19(7)24(20-17(5)13-12-14-18(20)6)21(22-25)23(8)26(9,10)11/h12-16,19H,1-11H3/q+1/p+1/t19-/m1/s1. The molecule has 1 N–H and O–H groups in total. The molecular formula is C21H40N3PSi+2. The van der Waals surface area contributed by atoms with Crippen molar-refractivity contribution in [3.63, 3.8) is 0 Å². The average Bonchev–Trinajstić information content (AvgIpc) is 2.80. The summed E-state index contributed by atoms with van der Waals surface area (Å²) < 4.78 is 2.57. The summed E-state index contributed by atoms with van der Waals surface area (Å²) in [6.07, 6.45) is 0. The average molecular weight is 394 g/mol. The van der Waals surface area contributed by atoms with E-state index in [1.165, 1.54) is 22.8 Å². The van der Waals surface area contributed by atoms with Gasteiger partial charge in [-0.15, -0.1) is 5.09 Å². The van der Waals surface area contributed by atoms with Crippen LogP contribution in [0.25, 0.3) is 0 Å². The molecule has 1 aromatic carbocycles. The van der Waals surface area contributed by atoms with Gasteiger partial charge < -0.3 is 4.24 Å². The van der Waals surface area contributed by atoms with E-state index in [9.17, 15) is 0 Å². The van der Waals surface area contributed by atoms with Gasteiger partial charge in [-0.1, -0.05) is 18.2 Å². The number of hydrogen-bond donors (Lipinski definition) is 1. The molecule has 0 radical (unpaired) electrons. The van der Waals surface area contributed by atoms with Crippen molar-refractivity contribution in [2.24, 2.45) is 0 Å². The quantitative estimate of drug-likeness (QED) is 0.527. The van der Waals surface area contributed by atoms with E-state index in [1.54, 1.807) is 0 Å². The minimum Gasteiger partial charge on any atom is -0.307 e. The molecule has 1 fully saturated rings. The Morgan fingerprint density at radius 2 is 1.50 bits per heavy atom. The summed E-state index contributed by atoms with van der Waals surface area (Å²) in [5.74, 6) is 1.83. The topological polar surface area (TPSA) is 18.3 Å². The van der Waals surface area contributed by atoms with Gasteiger partial charge >= 0.3 is 5.96 Å². The van der Waals surface area contributed by atoms with E-state index in [0.717, 1.165) is 0 Å². The number of aryl methyl sites for hydroxylation is 2. The maximum absolute atomic E-state index is 4.18. The molecule has 2 rings (SSSR count). The zero-order valence-electron chi connectivity index (χ0n) is 18.8. The van der Waals surface area contributed by atoms with E-state index in [0.29, 0.717) is 17.1 Å². The van der Waals surface area contributed by atoms with Crippen molar-refractivity contribution in [3.05, 3.63) is 29.3 Å². The molecule has 3 nitrogen and oxygen atoms in total. The third kappa shape index (κ3) is 3.35. The van der Waals surface area contributed by atoms with Gasteiger partial charge in [0.25, 0.3) is 0 Å². The zero-order valence-corrected chi connectivity index (χ0v) is 20.7. The first-order valence-electron chi connectivity index (χ1n) is 9.98. The Labute approximate surface area is 163 Å². The molecule has 0 saturated carbocycles. The van der Waals surface area contributed by atoms with Crippen molar-refractivity contribution in [2.75, 3.05) is 11.9 Å². The minimum absolute atomic E-state index is 0.496. The van der Waals surface area contributed by atoms with Gasteiger partial charge in [0.1, 0.15) is 5.69 Å². The molecule has 26 heavy (non-hydrogen) atoms. The Bertz CT molecular complexity index is 675. The molecule has 0 bridgehead atoms. The molecule has 1 heterocycles. The summed E-state index contributed by atoms with van der Waals surface area (Å²) >= 11 is 0. The third-order valence-corrected chi connectivity index (χ3v) is 13.9. The summed E-state index contributed by atoms with van der Waals surface area (Å²) in [4.78, 5) is 2.65. The molecular weight excluding hydrogens is 353 g/mol. The fraction of sp³-hybridized carbons (Fsp3) is 0.667. The van der Waals surface area contributed by atoms with Gasteiger partial charge in [-0.3, -0.25) is 0 Å². The zero-order chi connectivity index (χ0) is 20.0. The van der Waals surface area contributed by atoms with Crippen LogP contribution in [0, 0.1) is 13.8 Å². The Morgan fingerprint density at radius 1 is 1.04 bits per heavy atom. The lowest BCUT2D eigenvalue weighted by Gasteiger charge is -2.30. The van der Waals surface area contributed by atoms with E-state index < -0.39 is 15.6 Å². The highest BCUT2D eigenvalue weighted by Crippen LogP contribution is 2.70. The first kappa shape index (κ1) is 21.4. The van der Waals surface area contributed by atoms with Crippen molar-refractivity contribution < 1.29 is 4.24 Å². The molecule has 1 aliphatic heterocycles. The minimum atomic E-state index is -1.49. The van der Waals surface area contributed by atoms with E-state index >= 15 is 0 Å². The number of nitrogens with zero attached hydrogens (tertiary/aromatic N) is 2. The van der Waals surface area contributed by atoms with Crippen LogP contribution >= 0.6 is 7.41 Å².